The van der Waals surface area contributed by atoms with Crippen LogP contribution in [0.4, 0.5) is 14.9 Å². The summed E-state index contributed by atoms with van der Waals surface area (Å²) in [7, 11) is 0. The fraction of sp³-hybridized carbons (Fsp3) is 0.259. The van der Waals surface area contributed by atoms with E-state index >= 15 is 0 Å². The Bertz CT molecular complexity index is 1430. The molecule has 4 amide bonds. The van der Waals surface area contributed by atoms with Crippen LogP contribution in [0.2, 0.25) is 0 Å². The summed E-state index contributed by atoms with van der Waals surface area (Å²) in [6.07, 6.45) is 5.34. The molecule has 11 heteroatoms. The van der Waals surface area contributed by atoms with Gasteiger partial charge in [-0.05, 0) is 61.0 Å². The van der Waals surface area contributed by atoms with Crippen molar-refractivity contribution in [1.82, 2.24) is 14.8 Å². The average molecular weight is 537 g/mol. The summed E-state index contributed by atoms with van der Waals surface area (Å²) in [5.41, 5.74) is 1.84. The third-order valence-electron chi connectivity index (χ3n) is 6.27. The number of fused-ring (bicyclic) bond motifs is 1. The number of imide groups is 1. The second-order valence-electron chi connectivity index (χ2n) is 8.99. The number of carbonyl (C=O) groups excluding carboxylic acids is 4. The monoisotopic (exact) mass is 536 g/mol. The van der Waals surface area contributed by atoms with Gasteiger partial charge in [-0.1, -0.05) is 18.2 Å². The van der Waals surface area contributed by atoms with Gasteiger partial charge in [-0.25, -0.2) is 4.39 Å². The van der Waals surface area contributed by atoms with Crippen LogP contribution in [-0.2, 0) is 25.7 Å². The van der Waals surface area contributed by atoms with Crippen molar-refractivity contribution in [2.24, 2.45) is 0 Å². The smallest absolute Gasteiger partial charge is 0.294 e. The number of hydrogen-bond donors (Lipinski definition) is 2. The van der Waals surface area contributed by atoms with Crippen LogP contribution in [0, 0.1) is 5.82 Å². The summed E-state index contributed by atoms with van der Waals surface area (Å²) in [6.45, 7) is 0.807. The van der Waals surface area contributed by atoms with Crippen LogP contribution in [0.25, 0.3) is 17.0 Å². The topological polar surface area (TPSA) is 110 Å². The first-order valence-electron chi connectivity index (χ1n) is 12.1. The number of benzene rings is 2. The minimum Gasteiger partial charge on any atom is -0.376 e. The number of aromatic nitrogens is 1. The van der Waals surface area contributed by atoms with Crippen LogP contribution in [0.15, 0.2) is 59.6 Å². The predicted octanol–water partition coefficient (Wildman–Crippen LogP) is 3.75. The summed E-state index contributed by atoms with van der Waals surface area (Å²) in [6, 6.07) is 12.6. The fourth-order valence-electron chi connectivity index (χ4n) is 4.42. The summed E-state index contributed by atoms with van der Waals surface area (Å²) in [5.74, 6) is -1.76. The lowest BCUT2D eigenvalue weighted by Gasteiger charge is -2.12. The molecule has 0 saturated carbocycles. The van der Waals surface area contributed by atoms with Gasteiger partial charge in [0.05, 0.1) is 11.0 Å². The lowest BCUT2D eigenvalue weighted by molar-refractivity contribution is -0.127. The molecule has 2 aliphatic rings. The zero-order valence-corrected chi connectivity index (χ0v) is 21.1. The van der Waals surface area contributed by atoms with Gasteiger partial charge in [0.15, 0.2) is 0 Å². The third kappa shape index (κ3) is 5.79. The zero-order chi connectivity index (χ0) is 26.6. The molecular weight excluding hydrogens is 511 g/mol. The lowest BCUT2D eigenvalue weighted by atomic mass is 10.1. The molecule has 0 spiro atoms. The van der Waals surface area contributed by atoms with Crippen LogP contribution in [-0.4, -0.2) is 58.2 Å². The van der Waals surface area contributed by atoms with Gasteiger partial charge in [0, 0.05) is 41.5 Å². The van der Waals surface area contributed by atoms with Gasteiger partial charge in [-0.2, -0.15) is 0 Å². The van der Waals surface area contributed by atoms with E-state index in [2.05, 4.69) is 10.6 Å². The Kier molecular flexibility index (Phi) is 7.57. The molecule has 196 valence electrons. The van der Waals surface area contributed by atoms with Crippen LogP contribution in [0.1, 0.15) is 18.4 Å². The summed E-state index contributed by atoms with van der Waals surface area (Å²) >= 11 is 0.747. The SMILES string of the molecule is O=C(Cn1cc(/C=C2\SC(=O)N(CC(=O)Nc3ccc(F)cc3)C2=O)c2ccccc21)NC[C@@H]1CCCO1. The molecule has 9 nitrogen and oxygen atoms in total. The largest absolute Gasteiger partial charge is 0.376 e. The van der Waals surface area contributed by atoms with E-state index in [1.165, 1.54) is 24.3 Å². The van der Waals surface area contributed by atoms with Crippen molar-refractivity contribution in [1.29, 1.82) is 0 Å². The summed E-state index contributed by atoms with van der Waals surface area (Å²) in [5, 5.41) is 5.71. The Balaban J connectivity index is 1.29. The number of nitrogens with zero attached hydrogens (tertiary/aromatic N) is 2. The number of hydrogen-bond acceptors (Lipinski definition) is 6. The van der Waals surface area contributed by atoms with E-state index in [1.54, 1.807) is 16.8 Å². The van der Waals surface area contributed by atoms with Gasteiger partial charge < -0.3 is 19.9 Å². The maximum atomic E-state index is 13.1. The standard InChI is InChI=1S/C27H25FN4O5S/c28-18-7-9-19(10-8-18)30-25(34)16-32-26(35)23(38-27(32)36)12-17-14-31(22-6-2-1-5-21(17)22)15-24(33)29-13-20-4-3-11-37-20/h1-2,5-10,12,14,20H,3-4,11,13,15-16H2,(H,29,33)(H,30,34)/b23-12-/t20-/m0/s1. The van der Waals surface area contributed by atoms with Crippen molar-refractivity contribution >= 4 is 57.4 Å². The van der Waals surface area contributed by atoms with Crippen LogP contribution >= 0.6 is 11.8 Å². The Morgan fingerprint density at radius 1 is 1.08 bits per heavy atom. The van der Waals surface area contributed by atoms with Gasteiger partial charge in [-0.15, -0.1) is 0 Å². The first-order chi connectivity index (χ1) is 18.4. The average Bonchev–Trinajstić information content (AvgIpc) is 3.61. The van der Waals surface area contributed by atoms with Gasteiger partial charge in [0.2, 0.25) is 11.8 Å². The van der Waals surface area contributed by atoms with Crippen molar-refractivity contribution in [3.05, 3.63) is 71.0 Å². The minimum absolute atomic E-state index is 0.0457. The number of nitrogens with one attached hydrogen (secondary N) is 2. The van der Waals surface area contributed by atoms with Gasteiger partial charge in [0.25, 0.3) is 11.1 Å². The number of carbonyl (C=O) groups is 4. The molecular formula is C27H25FN4O5S. The molecule has 1 atom stereocenters. The molecule has 2 aromatic carbocycles. The highest BCUT2D eigenvalue weighted by atomic mass is 32.2. The van der Waals surface area contributed by atoms with Crippen molar-refractivity contribution < 1.29 is 28.3 Å². The van der Waals surface area contributed by atoms with E-state index in [1.807, 2.05) is 24.3 Å². The van der Waals surface area contributed by atoms with E-state index in [4.69, 9.17) is 4.74 Å². The van der Waals surface area contributed by atoms with Crippen molar-refractivity contribution in [2.45, 2.75) is 25.5 Å². The molecule has 2 aliphatic heterocycles. The highest BCUT2D eigenvalue weighted by Crippen LogP contribution is 2.34. The highest BCUT2D eigenvalue weighted by molar-refractivity contribution is 8.18. The number of anilines is 1. The van der Waals surface area contributed by atoms with E-state index in [-0.39, 0.29) is 23.5 Å². The maximum Gasteiger partial charge on any atom is 0.294 e. The molecule has 0 bridgehead atoms. The number of ether oxygens (including phenoxy) is 1. The van der Waals surface area contributed by atoms with E-state index in [0.717, 1.165) is 47.0 Å². The first-order valence-corrected chi connectivity index (χ1v) is 13.0. The van der Waals surface area contributed by atoms with Crippen molar-refractivity contribution in [2.75, 3.05) is 25.0 Å². The molecule has 2 N–H and O–H groups in total. The molecule has 5 rings (SSSR count). The number of amides is 4. The molecule has 2 fully saturated rings. The Morgan fingerprint density at radius 2 is 1.87 bits per heavy atom. The van der Waals surface area contributed by atoms with Gasteiger partial charge in [-0.3, -0.25) is 24.1 Å². The number of para-hydroxylation sites is 1. The van der Waals surface area contributed by atoms with Gasteiger partial charge >= 0.3 is 0 Å². The predicted molar refractivity (Wildman–Crippen MR) is 142 cm³/mol. The molecule has 1 aromatic heterocycles. The summed E-state index contributed by atoms with van der Waals surface area (Å²) in [4.78, 5) is 51.6. The Labute approximate surface area is 222 Å². The molecule has 3 heterocycles. The van der Waals surface area contributed by atoms with E-state index in [0.29, 0.717) is 17.8 Å². The Hall–Kier alpha value is -3.96. The second kappa shape index (κ2) is 11.2. The first kappa shape index (κ1) is 25.7. The minimum atomic E-state index is -0.583. The summed E-state index contributed by atoms with van der Waals surface area (Å²) < 4.78 is 20.4. The van der Waals surface area contributed by atoms with Crippen molar-refractivity contribution in [3.8, 4) is 0 Å². The zero-order valence-electron chi connectivity index (χ0n) is 20.3. The number of rotatable bonds is 8. The second-order valence-corrected chi connectivity index (χ2v) is 9.98. The van der Waals surface area contributed by atoms with Crippen LogP contribution in [0.5, 0.6) is 0 Å². The van der Waals surface area contributed by atoms with Crippen molar-refractivity contribution in [3.63, 3.8) is 0 Å². The van der Waals surface area contributed by atoms with Crippen LogP contribution in [0.3, 0.4) is 0 Å². The third-order valence-corrected chi connectivity index (χ3v) is 7.18. The normalized spacial score (nSPS) is 18.5. The fourth-order valence-corrected chi connectivity index (χ4v) is 5.25. The number of halogens is 1. The molecule has 0 aliphatic carbocycles. The molecule has 0 unspecified atom stereocenters. The number of thioether (sulfide) groups is 1. The molecule has 0 radical (unpaired) electrons. The lowest BCUT2D eigenvalue weighted by Crippen LogP contribution is -2.36. The Morgan fingerprint density at radius 3 is 2.63 bits per heavy atom. The van der Waals surface area contributed by atoms with E-state index < -0.39 is 29.4 Å². The quantitative estimate of drug-likeness (QED) is 0.425. The highest BCUT2D eigenvalue weighted by Gasteiger charge is 2.36. The van der Waals surface area contributed by atoms with E-state index in [9.17, 15) is 23.6 Å². The molecule has 3 aromatic rings. The molecule has 2 saturated heterocycles. The van der Waals surface area contributed by atoms with Crippen LogP contribution < -0.4 is 10.6 Å². The molecule has 38 heavy (non-hydrogen) atoms. The maximum absolute atomic E-state index is 13.1. The van der Waals surface area contributed by atoms with Gasteiger partial charge in [0.1, 0.15) is 18.9 Å².